The molecule has 1 aromatic rings. The first kappa shape index (κ1) is 15.3. The van der Waals surface area contributed by atoms with Gasteiger partial charge in [0.25, 0.3) is 0 Å². The number of halogens is 2. The Bertz CT molecular complexity index is 453. The average molecular weight is 393 g/mol. The number of aromatic hydroxyl groups is 1. The Morgan fingerprint density at radius 1 is 1.32 bits per heavy atom. The molecule has 0 unspecified atom stereocenters. The van der Waals surface area contributed by atoms with Gasteiger partial charge in [-0.2, -0.15) is 0 Å². The van der Waals surface area contributed by atoms with Gasteiger partial charge in [-0.1, -0.05) is 15.9 Å². The SMILES string of the molecule is CN(Cc1cc(Br)cc(Br)c1O)[C@H]1CCC[C@@H](O)C1. The van der Waals surface area contributed by atoms with Crippen LogP contribution in [0.15, 0.2) is 21.1 Å². The van der Waals surface area contributed by atoms with Crippen molar-refractivity contribution in [3.05, 3.63) is 26.6 Å². The number of aliphatic hydroxyl groups is 1. The quantitative estimate of drug-likeness (QED) is 0.824. The van der Waals surface area contributed by atoms with E-state index in [1.807, 2.05) is 12.1 Å². The zero-order valence-electron chi connectivity index (χ0n) is 10.9. The van der Waals surface area contributed by atoms with Gasteiger partial charge < -0.3 is 10.2 Å². The summed E-state index contributed by atoms with van der Waals surface area (Å²) in [6.07, 6.45) is 3.75. The number of aliphatic hydroxyl groups excluding tert-OH is 1. The van der Waals surface area contributed by atoms with Crippen LogP contribution in [0.5, 0.6) is 5.75 Å². The summed E-state index contributed by atoms with van der Waals surface area (Å²) in [4.78, 5) is 2.22. The van der Waals surface area contributed by atoms with E-state index in [0.717, 1.165) is 35.7 Å². The number of hydrogen-bond acceptors (Lipinski definition) is 3. The Balaban J connectivity index is 2.08. The molecule has 1 aliphatic carbocycles. The maximum absolute atomic E-state index is 10.1. The second-order valence-electron chi connectivity index (χ2n) is 5.28. The third-order valence-electron chi connectivity index (χ3n) is 3.77. The fraction of sp³-hybridized carbons (Fsp3) is 0.571. The molecule has 19 heavy (non-hydrogen) atoms. The van der Waals surface area contributed by atoms with Gasteiger partial charge in [-0.05, 0) is 60.8 Å². The Hall–Kier alpha value is -0.100. The highest BCUT2D eigenvalue weighted by molar-refractivity contribution is 9.11. The molecule has 3 nitrogen and oxygen atoms in total. The Morgan fingerprint density at radius 3 is 2.74 bits per heavy atom. The lowest BCUT2D eigenvalue weighted by atomic mass is 9.92. The number of rotatable bonds is 3. The topological polar surface area (TPSA) is 43.7 Å². The number of phenolic OH excluding ortho intramolecular Hbond substituents is 1. The molecule has 1 aliphatic rings. The van der Waals surface area contributed by atoms with Crippen LogP contribution < -0.4 is 0 Å². The van der Waals surface area contributed by atoms with Crippen molar-refractivity contribution in [1.29, 1.82) is 0 Å². The van der Waals surface area contributed by atoms with Crippen molar-refractivity contribution >= 4 is 31.9 Å². The second kappa shape index (κ2) is 6.57. The zero-order chi connectivity index (χ0) is 14.0. The summed E-state index contributed by atoms with van der Waals surface area (Å²) in [5.41, 5.74) is 0.892. The average Bonchev–Trinajstić information content (AvgIpc) is 2.35. The summed E-state index contributed by atoms with van der Waals surface area (Å²) in [7, 11) is 2.05. The number of nitrogens with zero attached hydrogens (tertiary/aromatic N) is 1. The highest BCUT2D eigenvalue weighted by Crippen LogP contribution is 2.33. The van der Waals surface area contributed by atoms with E-state index in [-0.39, 0.29) is 6.10 Å². The minimum atomic E-state index is -0.177. The van der Waals surface area contributed by atoms with Crippen LogP contribution in [-0.4, -0.2) is 34.3 Å². The molecule has 1 aromatic carbocycles. The molecule has 2 N–H and O–H groups in total. The number of hydrogen-bond donors (Lipinski definition) is 2. The summed E-state index contributed by atoms with van der Waals surface area (Å²) in [6.45, 7) is 0.682. The maximum atomic E-state index is 10.1. The van der Waals surface area contributed by atoms with Crippen LogP contribution in [0.3, 0.4) is 0 Å². The van der Waals surface area contributed by atoms with Crippen molar-refractivity contribution in [2.24, 2.45) is 0 Å². The molecule has 0 heterocycles. The molecule has 2 rings (SSSR count). The fourth-order valence-electron chi connectivity index (χ4n) is 2.68. The van der Waals surface area contributed by atoms with Crippen LogP contribution in [0.25, 0.3) is 0 Å². The molecule has 0 radical (unpaired) electrons. The number of phenols is 1. The van der Waals surface area contributed by atoms with Crippen molar-refractivity contribution < 1.29 is 10.2 Å². The fourth-order valence-corrected chi connectivity index (χ4v) is 3.99. The normalized spacial score (nSPS) is 23.8. The first-order valence-electron chi connectivity index (χ1n) is 6.52. The molecule has 2 atom stereocenters. The summed E-state index contributed by atoms with van der Waals surface area (Å²) in [5.74, 6) is 0.298. The maximum Gasteiger partial charge on any atom is 0.134 e. The molecule has 0 amide bonds. The van der Waals surface area contributed by atoms with Crippen molar-refractivity contribution in [1.82, 2.24) is 4.90 Å². The van der Waals surface area contributed by atoms with E-state index in [4.69, 9.17) is 0 Å². The minimum absolute atomic E-state index is 0.177. The molecule has 106 valence electrons. The monoisotopic (exact) mass is 391 g/mol. The van der Waals surface area contributed by atoms with E-state index in [0.29, 0.717) is 22.8 Å². The second-order valence-corrected chi connectivity index (χ2v) is 7.05. The largest absolute Gasteiger partial charge is 0.506 e. The summed E-state index contributed by atoms with van der Waals surface area (Å²) < 4.78 is 1.65. The summed E-state index contributed by atoms with van der Waals surface area (Å²) >= 11 is 6.80. The van der Waals surface area contributed by atoms with Crippen LogP contribution >= 0.6 is 31.9 Å². The van der Waals surface area contributed by atoms with Crippen LogP contribution in [0.4, 0.5) is 0 Å². The molecule has 0 aromatic heterocycles. The van der Waals surface area contributed by atoms with E-state index in [2.05, 4.69) is 43.8 Å². The Morgan fingerprint density at radius 2 is 2.05 bits per heavy atom. The summed E-state index contributed by atoms with van der Waals surface area (Å²) in [6, 6.07) is 4.17. The van der Waals surface area contributed by atoms with Gasteiger partial charge in [0.15, 0.2) is 0 Å². The Labute approximate surface area is 130 Å². The third-order valence-corrected chi connectivity index (χ3v) is 4.83. The van der Waals surface area contributed by atoms with Crippen molar-refractivity contribution in [2.45, 2.75) is 44.4 Å². The van der Waals surface area contributed by atoms with E-state index in [1.165, 1.54) is 0 Å². The first-order valence-corrected chi connectivity index (χ1v) is 8.11. The van der Waals surface area contributed by atoms with Gasteiger partial charge in [-0.25, -0.2) is 0 Å². The van der Waals surface area contributed by atoms with Crippen molar-refractivity contribution in [2.75, 3.05) is 7.05 Å². The molecular weight excluding hydrogens is 374 g/mol. The van der Waals surface area contributed by atoms with Crippen LogP contribution in [0.2, 0.25) is 0 Å². The smallest absolute Gasteiger partial charge is 0.134 e. The predicted octanol–water partition coefficient (Wildman–Crippen LogP) is 3.65. The van der Waals surface area contributed by atoms with Crippen LogP contribution in [0, 0.1) is 0 Å². The van der Waals surface area contributed by atoms with E-state index in [1.54, 1.807) is 0 Å². The molecule has 1 fully saturated rings. The first-order chi connectivity index (χ1) is 8.97. The molecule has 0 spiro atoms. The van der Waals surface area contributed by atoms with Gasteiger partial charge in [0.2, 0.25) is 0 Å². The molecule has 0 aliphatic heterocycles. The van der Waals surface area contributed by atoms with Gasteiger partial charge >= 0.3 is 0 Å². The molecule has 0 bridgehead atoms. The lowest BCUT2D eigenvalue weighted by Crippen LogP contribution is -2.37. The zero-order valence-corrected chi connectivity index (χ0v) is 14.1. The van der Waals surface area contributed by atoms with Crippen molar-refractivity contribution in [3.63, 3.8) is 0 Å². The predicted molar refractivity (Wildman–Crippen MR) is 83.2 cm³/mol. The Kier molecular flexibility index (Phi) is 5.29. The van der Waals surface area contributed by atoms with Gasteiger partial charge in [-0.3, -0.25) is 4.90 Å². The van der Waals surface area contributed by atoms with E-state index < -0.39 is 0 Å². The number of benzene rings is 1. The molecular formula is C14H19Br2NO2. The minimum Gasteiger partial charge on any atom is -0.506 e. The molecule has 5 heteroatoms. The highest BCUT2D eigenvalue weighted by Gasteiger charge is 2.24. The van der Waals surface area contributed by atoms with Gasteiger partial charge in [0.1, 0.15) is 5.75 Å². The van der Waals surface area contributed by atoms with Crippen molar-refractivity contribution in [3.8, 4) is 5.75 Å². The standard InChI is InChI=1S/C14H19Br2NO2/c1-17(11-3-2-4-12(18)7-11)8-9-5-10(15)6-13(16)14(9)19/h5-6,11-12,18-19H,2-4,7-8H2,1H3/t11-,12+/m0/s1. The molecule has 1 saturated carbocycles. The highest BCUT2D eigenvalue weighted by atomic mass is 79.9. The third kappa shape index (κ3) is 3.94. The molecule has 0 saturated heterocycles. The van der Waals surface area contributed by atoms with Crippen LogP contribution in [-0.2, 0) is 6.54 Å². The van der Waals surface area contributed by atoms with Gasteiger partial charge in [-0.15, -0.1) is 0 Å². The van der Waals surface area contributed by atoms with E-state index in [9.17, 15) is 10.2 Å². The van der Waals surface area contributed by atoms with Gasteiger partial charge in [0.05, 0.1) is 10.6 Å². The van der Waals surface area contributed by atoms with Crippen LogP contribution in [0.1, 0.15) is 31.2 Å². The lowest BCUT2D eigenvalue weighted by molar-refractivity contribution is 0.0698. The van der Waals surface area contributed by atoms with E-state index >= 15 is 0 Å². The van der Waals surface area contributed by atoms with Gasteiger partial charge in [0, 0.05) is 22.6 Å². The summed E-state index contributed by atoms with van der Waals surface area (Å²) in [5, 5.41) is 19.8. The lowest BCUT2D eigenvalue weighted by Gasteiger charge is -2.33.